The summed E-state index contributed by atoms with van der Waals surface area (Å²) in [6.07, 6.45) is 4.06. The summed E-state index contributed by atoms with van der Waals surface area (Å²) >= 11 is 0. The maximum absolute atomic E-state index is 11.1. The summed E-state index contributed by atoms with van der Waals surface area (Å²) in [4.78, 5) is 34.1. The van der Waals surface area contributed by atoms with Gasteiger partial charge in [0.15, 0.2) is 0 Å². The summed E-state index contributed by atoms with van der Waals surface area (Å²) in [7, 11) is 1.33. The molecule has 15 heavy (non-hydrogen) atoms. The molecular weight excluding hydrogens is 198 g/mol. The number of methoxy groups -OCH3 is 1. The first-order chi connectivity index (χ1) is 7.15. The standard InChI is InChI=1S/C10H13NO4/c1-15-10(14)4-2-3-7-11-8(12)5-6-9(11)13/h5-6H,2-4,7H2,1H3. The number of carbonyl (C=O) groups is 3. The van der Waals surface area contributed by atoms with E-state index in [9.17, 15) is 14.4 Å². The predicted molar refractivity (Wildman–Crippen MR) is 51.7 cm³/mol. The summed E-state index contributed by atoms with van der Waals surface area (Å²) in [6, 6.07) is 0. The molecule has 1 heterocycles. The highest BCUT2D eigenvalue weighted by atomic mass is 16.5. The Morgan fingerprint density at radius 3 is 2.40 bits per heavy atom. The van der Waals surface area contributed by atoms with Gasteiger partial charge in [-0.05, 0) is 12.8 Å². The van der Waals surface area contributed by atoms with E-state index in [1.54, 1.807) is 0 Å². The summed E-state index contributed by atoms with van der Waals surface area (Å²) in [5, 5.41) is 0. The van der Waals surface area contributed by atoms with Crippen molar-refractivity contribution in [2.45, 2.75) is 19.3 Å². The molecule has 0 saturated carbocycles. The topological polar surface area (TPSA) is 63.7 Å². The summed E-state index contributed by atoms with van der Waals surface area (Å²) in [5.41, 5.74) is 0. The monoisotopic (exact) mass is 211 g/mol. The van der Waals surface area contributed by atoms with Crippen LogP contribution in [0.2, 0.25) is 0 Å². The van der Waals surface area contributed by atoms with Crippen molar-refractivity contribution in [2.75, 3.05) is 13.7 Å². The highest BCUT2D eigenvalue weighted by Crippen LogP contribution is 2.06. The molecule has 0 aromatic carbocycles. The van der Waals surface area contributed by atoms with Crippen molar-refractivity contribution in [3.8, 4) is 0 Å². The highest BCUT2D eigenvalue weighted by molar-refractivity contribution is 6.12. The minimum atomic E-state index is -0.280. The molecule has 5 heteroatoms. The first-order valence-electron chi connectivity index (χ1n) is 4.75. The Kier molecular flexibility index (Phi) is 4.03. The van der Waals surface area contributed by atoms with E-state index in [0.717, 1.165) is 4.90 Å². The van der Waals surface area contributed by atoms with Crippen LogP contribution >= 0.6 is 0 Å². The van der Waals surface area contributed by atoms with Gasteiger partial charge in [0.1, 0.15) is 0 Å². The van der Waals surface area contributed by atoms with E-state index in [-0.39, 0.29) is 17.8 Å². The number of nitrogens with zero attached hydrogens (tertiary/aromatic N) is 1. The van der Waals surface area contributed by atoms with E-state index in [1.165, 1.54) is 19.3 Å². The van der Waals surface area contributed by atoms with Crippen molar-refractivity contribution in [2.24, 2.45) is 0 Å². The Balaban J connectivity index is 2.18. The summed E-state index contributed by atoms with van der Waals surface area (Å²) < 4.78 is 4.47. The van der Waals surface area contributed by atoms with Gasteiger partial charge in [-0.15, -0.1) is 0 Å². The zero-order valence-corrected chi connectivity index (χ0v) is 8.56. The second-order valence-electron chi connectivity index (χ2n) is 3.19. The lowest BCUT2D eigenvalue weighted by atomic mass is 10.2. The molecule has 1 aliphatic rings. The van der Waals surface area contributed by atoms with Gasteiger partial charge in [-0.1, -0.05) is 0 Å². The van der Waals surface area contributed by atoms with E-state index in [1.807, 2.05) is 0 Å². The average molecular weight is 211 g/mol. The Morgan fingerprint density at radius 1 is 1.27 bits per heavy atom. The van der Waals surface area contributed by atoms with Gasteiger partial charge in [0, 0.05) is 25.1 Å². The minimum Gasteiger partial charge on any atom is -0.469 e. The molecular formula is C10H13NO4. The molecule has 0 aliphatic carbocycles. The molecule has 0 fully saturated rings. The Morgan fingerprint density at radius 2 is 1.87 bits per heavy atom. The number of hydrogen-bond donors (Lipinski definition) is 0. The van der Waals surface area contributed by atoms with E-state index >= 15 is 0 Å². The molecule has 1 aliphatic heterocycles. The number of unbranched alkanes of at least 4 members (excludes halogenated alkanes) is 1. The first kappa shape index (κ1) is 11.4. The van der Waals surface area contributed by atoms with Gasteiger partial charge in [0.25, 0.3) is 11.8 Å². The lowest BCUT2D eigenvalue weighted by Gasteiger charge is -2.12. The van der Waals surface area contributed by atoms with Crippen molar-refractivity contribution in [1.82, 2.24) is 4.90 Å². The number of hydrogen-bond acceptors (Lipinski definition) is 4. The fraction of sp³-hybridized carbons (Fsp3) is 0.500. The van der Waals surface area contributed by atoms with Crippen LogP contribution in [0.15, 0.2) is 12.2 Å². The average Bonchev–Trinajstić information content (AvgIpc) is 2.54. The molecule has 0 bridgehead atoms. The largest absolute Gasteiger partial charge is 0.469 e. The first-order valence-corrected chi connectivity index (χ1v) is 4.75. The zero-order valence-electron chi connectivity index (χ0n) is 8.56. The third kappa shape index (κ3) is 3.19. The highest BCUT2D eigenvalue weighted by Gasteiger charge is 2.22. The van der Waals surface area contributed by atoms with Crippen LogP contribution < -0.4 is 0 Å². The number of imide groups is 1. The van der Waals surface area contributed by atoms with Crippen LogP contribution in [0.4, 0.5) is 0 Å². The molecule has 1 rings (SSSR count). The second-order valence-corrected chi connectivity index (χ2v) is 3.19. The van der Waals surface area contributed by atoms with Gasteiger partial charge in [0.05, 0.1) is 7.11 Å². The van der Waals surface area contributed by atoms with Crippen LogP contribution in [0.25, 0.3) is 0 Å². The molecule has 0 unspecified atom stereocenters. The molecule has 82 valence electrons. The molecule has 0 radical (unpaired) electrons. The van der Waals surface area contributed by atoms with Gasteiger partial charge < -0.3 is 4.74 Å². The molecule has 0 atom stereocenters. The number of rotatable bonds is 5. The van der Waals surface area contributed by atoms with Crippen LogP contribution in [0.5, 0.6) is 0 Å². The third-order valence-electron chi connectivity index (χ3n) is 2.14. The van der Waals surface area contributed by atoms with E-state index in [2.05, 4.69) is 4.74 Å². The van der Waals surface area contributed by atoms with Gasteiger partial charge >= 0.3 is 5.97 Å². The van der Waals surface area contributed by atoms with Crippen LogP contribution in [-0.2, 0) is 19.1 Å². The molecule has 5 nitrogen and oxygen atoms in total. The number of amides is 2. The van der Waals surface area contributed by atoms with Crippen molar-refractivity contribution >= 4 is 17.8 Å². The van der Waals surface area contributed by atoms with Gasteiger partial charge in [-0.2, -0.15) is 0 Å². The van der Waals surface area contributed by atoms with Crippen LogP contribution in [0, 0.1) is 0 Å². The van der Waals surface area contributed by atoms with Crippen LogP contribution in [0.3, 0.4) is 0 Å². The molecule has 0 spiro atoms. The van der Waals surface area contributed by atoms with Crippen LogP contribution in [-0.4, -0.2) is 36.3 Å². The Hall–Kier alpha value is -1.65. The number of carbonyl (C=O) groups excluding carboxylic acids is 3. The fourth-order valence-electron chi connectivity index (χ4n) is 1.29. The molecule has 0 aromatic heterocycles. The molecule has 0 N–H and O–H groups in total. The lowest BCUT2D eigenvalue weighted by molar-refractivity contribution is -0.140. The van der Waals surface area contributed by atoms with Crippen molar-refractivity contribution in [1.29, 1.82) is 0 Å². The normalized spacial score (nSPS) is 14.9. The third-order valence-corrected chi connectivity index (χ3v) is 2.14. The maximum atomic E-state index is 11.1. The van der Waals surface area contributed by atoms with E-state index in [4.69, 9.17) is 0 Å². The Bertz CT molecular complexity index is 291. The van der Waals surface area contributed by atoms with Gasteiger partial charge in [-0.25, -0.2) is 0 Å². The van der Waals surface area contributed by atoms with Crippen molar-refractivity contribution < 1.29 is 19.1 Å². The molecule has 0 saturated heterocycles. The van der Waals surface area contributed by atoms with Gasteiger partial charge in [0.2, 0.25) is 0 Å². The van der Waals surface area contributed by atoms with Gasteiger partial charge in [-0.3, -0.25) is 19.3 Å². The SMILES string of the molecule is COC(=O)CCCCN1C(=O)C=CC1=O. The molecule has 2 amide bonds. The number of esters is 1. The zero-order chi connectivity index (χ0) is 11.3. The maximum Gasteiger partial charge on any atom is 0.305 e. The second kappa shape index (κ2) is 5.29. The number of ether oxygens (including phenoxy) is 1. The smallest absolute Gasteiger partial charge is 0.305 e. The van der Waals surface area contributed by atoms with Crippen molar-refractivity contribution in [3.05, 3.63) is 12.2 Å². The molecule has 0 aromatic rings. The minimum absolute atomic E-state index is 0.271. The Labute approximate surface area is 87.7 Å². The quantitative estimate of drug-likeness (QED) is 0.371. The van der Waals surface area contributed by atoms with E-state index < -0.39 is 0 Å². The summed E-state index contributed by atoms with van der Waals surface area (Å²) in [6.45, 7) is 0.363. The van der Waals surface area contributed by atoms with E-state index in [0.29, 0.717) is 25.8 Å². The fourth-order valence-corrected chi connectivity index (χ4v) is 1.29. The lowest BCUT2D eigenvalue weighted by Crippen LogP contribution is -2.30. The van der Waals surface area contributed by atoms with Crippen molar-refractivity contribution in [3.63, 3.8) is 0 Å². The van der Waals surface area contributed by atoms with Crippen LogP contribution in [0.1, 0.15) is 19.3 Å². The summed E-state index contributed by atoms with van der Waals surface area (Å²) in [5.74, 6) is -0.830. The predicted octanol–water partition coefficient (Wildman–Crippen LogP) is 0.255.